The molecule has 0 radical (unpaired) electrons. The molecular formula is C18H21F3N2O3S. The highest BCUT2D eigenvalue weighted by Gasteiger charge is 2.26. The lowest BCUT2D eigenvalue weighted by atomic mass is 10.1. The lowest BCUT2D eigenvalue weighted by molar-refractivity contribution is -0.143. The molecule has 0 saturated carbocycles. The third kappa shape index (κ3) is 4.97. The molecule has 9 heteroatoms. The smallest absolute Gasteiger partial charge is 0.306 e. The second-order valence-electron chi connectivity index (χ2n) is 6.38. The summed E-state index contributed by atoms with van der Waals surface area (Å²) in [6.07, 6.45) is 3.16. The van der Waals surface area contributed by atoms with Gasteiger partial charge >= 0.3 is 5.97 Å². The van der Waals surface area contributed by atoms with Crippen molar-refractivity contribution in [2.75, 3.05) is 11.4 Å². The van der Waals surface area contributed by atoms with E-state index in [0.717, 1.165) is 30.6 Å². The summed E-state index contributed by atoms with van der Waals surface area (Å²) in [6.45, 7) is 3.68. The number of benzene rings is 1. The minimum Gasteiger partial charge on any atom is -0.481 e. The van der Waals surface area contributed by atoms with Gasteiger partial charge in [-0.05, 0) is 6.42 Å². The van der Waals surface area contributed by atoms with Crippen LogP contribution in [0.4, 0.5) is 18.3 Å². The summed E-state index contributed by atoms with van der Waals surface area (Å²) in [7, 11) is 0. The van der Waals surface area contributed by atoms with E-state index in [9.17, 15) is 22.8 Å². The number of carbonyl (C=O) groups excluding carboxylic acids is 1. The monoisotopic (exact) mass is 402 g/mol. The number of thiazole rings is 1. The van der Waals surface area contributed by atoms with Gasteiger partial charge in [0.2, 0.25) is 5.91 Å². The van der Waals surface area contributed by atoms with Gasteiger partial charge in [-0.25, -0.2) is 18.2 Å². The molecule has 1 unspecified atom stereocenters. The van der Waals surface area contributed by atoms with E-state index in [0.29, 0.717) is 12.5 Å². The van der Waals surface area contributed by atoms with Gasteiger partial charge in [-0.3, -0.25) is 14.5 Å². The normalized spacial score (nSPS) is 12.3. The number of amides is 1. The fourth-order valence-corrected chi connectivity index (χ4v) is 3.58. The van der Waals surface area contributed by atoms with Crippen LogP contribution in [0.25, 0.3) is 10.2 Å². The molecule has 5 nitrogen and oxygen atoms in total. The Morgan fingerprint density at radius 1 is 1.22 bits per heavy atom. The van der Waals surface area contributed by atoms with Gasteiger partial charge in [0.05, 0.1) is 10.6 Å². The molecule has 1 aromatic heterocycles. The number of carboxylic acids is 1. The molecule has 2 aromatic rings. The number of rotatable bonds is 9. The lowest BCUT2D eigenvalue weighted by Gasteiger charge is -2.20. The second-order valence-corrected chi connectivity index (χ2v) is 7.36. The largest absolute Gasteiger partial charge is 0.481 e. The first-order valence-corrected chi connectivity index (χ1v) is 9.55. The van der Waals surface area contributed by atoms with Crippen molar-refractivity contribution in [3.63, 3.8) is 0 Å². The maximum Gasteiger partial charge on any atom is 0.306 e. The summed E-state index contributed by atoms with van der Waals surface area (Å²) in [6, 6.07) is 0.444. The molecule has 148 valence electrons. The molecule has 0 bridgehead atoms. The van der Waals surface area contributed by atoms with E-state index in [4.69, 9.17) is 5.11 Å². The molecule has 1 aromatic carbocycles. The number of carbonyl (C=O) groups is 2. The van der Waals surface area contributed by atoms with Gasteiger partial charge < -0.3 is 5.11 Å². The molecular weight excluding hydrogens is 381 g/mol. The van der Waals surface area contributed by atoms with E-state index < -0.39 is 40.8 Å². The third-order valence-corrected chi connectivity index (χ3v) is 5.26. The highest BCUT2D eigenvalue weighted by molar-refractivity contribution is 7.22. The Bertz CT molecular complexity index is 841. The number of unbranched alkanes of at least 4 members (excludes halogenated alkanes) is 3. The molecule has 0 aliphatic heterocycles. The number of nitrogens with zero attached hydrogens (tertiary/aromatic N) is 2. The van der Waals surface area contributed by atoms with Crippen LogP contribution in [0.15, 0.2) is 6.07 Å². The number of anilines is 1. The quantitative estimate of drug-likeness (QED) is 0.486. The molecule has 1 heterocycles. The van der Waals surface area contributed by atoms with Gasteiger partial charge in [0.1, 0.15) is 11.3 Å². The first-order chi connectivity index (χ1) is 12.8. The lowest BCUT2D eigenvalue weighted by Crippen LogP contribution is -2.34. The van der Waals surface area contributed by atoms with Crippen molar-refractivity contribution >= 4 is 38.6 Å². The highest BCUT2D eigenvalue weighted by atomic mass is 32.1. The second kappa shape index (κ2) is 9.16. The van der Waals surface area contributed by atoms with E-state index in [2.05, 4.69) is 4.98 Å². The Labute approximate surface area is 158 Å². The van der Waals surface area contributed by atoms with Gasteiger partial charge in [-0.1, -0.05) is 44.4 Å². The highest BCUT2D eigenvalue weighted by Crippen LogP contribution is 2.34. The predicted molar refractivity (Wildman–Crippen MR) is 97.4 cm³/mol. The van der Waals surface area contributed by atoms with Crippen molar-refractivity contribution in [1.29, 1.82) is 0 Å². The molecule has 1 amide bonds. The van der Waals surface area contributed by atoms with Gasteiger partial charge in [-0.15, -0.1) is 0 Å². The summed E-state index contributed by atoms with van der Waals surface area (Å²) in [5.41, 5.74) is -0.467. The fraction of sp³-hybridized carbons (Fsp3) is 0.500. The number of fused-ring (bicyclic) bond motifs is 1. The number of aromatic nitrogens is 1. The fourth-order valence-electron chi connectivity index (χ4n) is 2.57. The maximum absolute atomic E-state index is 14.0. The van der Waals surface area contributed by atoms with Gasteiger partial charge in [0, 0.05) is 19.0 Å². The van der Waals surface area contributed by atoms with Crippen LogP contribution in [-0.2, 0) is 9.59 Å². The molecule has 2 rings (SSSR count). The molecule has 0 aliphatic rings. The van der Waals surface area contributed by atoms with Crippen molar-refractivity contribution < 1.29 is 27.9 Å². The van der Waals surface area contributed by atoms with Crippen LogP contribution in [0.2, 0.25) is 0 Å². The van der Waals surface area contributed by atoms with E-state index in [1.807, 2.05) is 6.92 Å². The van der Waals surface area contributed by atoms with Gasteiger partial charge in [-0.2, -0.15) is 0 Å². The van der Waals surface area contributed by atoms with Gasteiger partial charge in [0.15, 0.2) is 16.8 Å². The Morgan fingerprint density at radius 3 is 2.56 bits per heavy atom. The molecule has 1 atom stereocenters. The first-order valence-electron chi connectivity index (χ1n) is 8.73. The van der Waals surface area contributed by atoms with Crippen molar-refractivity contribution in [2.45, 2.75) is 46.0 Å². The number of aliphatic carboxylic acids is 1. The van der Waals surface area contributed by atoms with Crippen LogP contribution in [0.5, 0.6) is 0 Å². The third-order valence-electron chi connectivity index (χ3n) is 4.17. The van der Waals surface area contributed by atoms with Crippen LogP contribution >= 0.6 is 11.3 Å². The molecule has 27 heavy (non-hydrogen) atoms. The Kier molecular flexibility index (Phi) is 7.18. The van der Waals surface area contributed by atoms with Crippen LogP contribution < -0.4 is 4.90 Å². The summed E-state index contributed by atoms with van der Waals surface area (Å²) in [5.74, 6) is -6.09. The molecule has 0 fully saturated rings. The van der Waals surface area contributed by atoms with E-state index in [1.165, 1.54) is 11.8 Å². The average molecular weight is 402 g/mol. The first kappa shape index (κ1) is 21.1. The zero-order valence-corrected chi connectivity index (χ0v) is 15.9. The average Bonchev–Trinajstić information content (AvgIpc) is 3.05. The summed E-state index contributed by atoms with van der Waals surface area (Å²) < 4.78 is 41.2. The number of halogens is 3. The standard InChI is InChI=1S/C18H21F3N2O3S/c1-3-4-5-6-7-23(13(24)8-10(2)17(25)26)18-22-15-14(21)11(19)9-12(20)16(15)27-18/h9-10H,3-8H2,1-2H3,(H,25,26). The summed E-state index contributed by atoms with van der Waals surface area (Å²) >= 11 is 0.747. The Morgan fingerprint density at radius 2 is 1.93 bits per heavy atom. The van der Waals surface area contributed by atoms with E-state index >= 15 is 0 Å². The molecule has 0 aliphatic carbocycles. The van der Waals surface area contributed by atoms with Crippen molar-refractivity contribution in [3.05, 3.63) is 23.5 Å². The van der Waals surface area contributed by atoms with Crippen molar-refractivity contribution in [1.82, 2.24) is 4.98 Å². The topological polar surface area (TPSA) is 70.5 Å². The Hall–Kier alpha value is -2.16. The van der Waals surface area contributed by atoms with Crippen LogP contribution in [0.3, 0.4) is 0 Å². The maximum atomic E-state index is 14.0. The van der Waals surface area contributed by atoms with Crippen molar-refractivity contribution in [3.8, 4) is 0 Å². The van der Waals surface area contributed by atoms with Crippen molar-refractivity contribution in [2.24, 2.45) is 5.92 Å². The molecule has 0 saturated heterocycles. The number of hydrogen-bond donors (Lipinski definition) is 1. The molecule has 0 spiro atoms. The van der Waals surface area contributed by atoms with Crippen LogP contribution in [0, 0.1) is 23.4 Å². The number of carboxylic acid groups (broad SMARTS) is 1. The minimum absolute atomic E-state index is 0.0347. The summed E-state index contributed by atoms with van der Waals surface area (Å²) in [5, 5.41) is 9.06. The predicted octanol–water partition coefficient (Wildman–Crippen LogP) is 4.74. The zero-order valence-electron chi connectivity index (χ0n) is 15.1. The van der Waals surface area contributed by atoms with E-state index in [1.54, 1.807) is 0 Å². The SMILES string of the molecule is CCCCCCN(C(=O)CC(C)C(=O)O)c1nc2c(F)c(F)cc(F)c2s1. The Balaban J connectivity index is 2.35. The van der Waals surface area contributed by atoms with E-state index in [-0.39, 0.29) is 22.8 Å². The summed E-state index contributed by atoms with van der Waals surface area (Å²) in [4.78, 5) is 28.8. The van der Waals surface area contributed by atoms with Crippen LogP contribution in [0.1, 0.15) is 46.0 Å². The van der Waals surface area contributed by atoms with Gasteiger partial charge in [0.25, 0.3) is 0 Å². The molecule has 1 N–H and O–H groups in total. The number of hydrogen-bond acceptors (Lipinski definition) is 4. The zero-order chi connectivity index (χ0) is 20.1. The minimum atomic E-state index is -1.35. The van der Waals surface area contributed by atoms with Crippen LogP contribution in [-0.4, -0.2) is 28.5 Å².